The van der Waals surface area contributed by atoms with Crippen LogP contribution in [0.1, 0.15) is 31.1 Å². The van der Waals surface area contributed by atoms with E-state index in [9.17, 15) is 14.4 Å². The van der Waals surface area contributed by atoms with Crippen molar-refractivity contribution < 1.29 is 14.4 Å². The molecule has 3 aromatic rings. The van der Waals surface area contributed by atoms with Gasteiger partial charge in [0.1, 0.15) is 6.54 Å². The first kappa shape index (κ1) is 21.8. The van der Waals surface area contributed by atoms with Crippen LogP contribution in [0.2, 0.25) is 0 Å². The molecule has 1 aliphatic heterocycles. The highest BCUT2D eigenvalue weighted by atomic mass is 32.2. The third-order valence-electron chi connectivity index (χ3n) is 5.24. The van der Waals surface area contributed by atoms with Crippen LogP contribution in [0.4, 0.5) is 11.4 Å². The number of pyridine rings is 1. The maximum Gasteiger partial charge on any atom is 0.244 e. The number of amides is 3. The van der Waals surface area contributed by atoms with E-state index in [2.05, 4.69) is 20.8 Å². The monoisotopic (exact) mass is 452 g/mol. The third kappa shape index (κ3) is 4.75. The Kier molecular flexibility index (Phi) is 6.69. The summed E-state index contributed by atoms with van der Waals surface area (Å²) in [5.74, 6) is 0.738. The number of para-hydroxylation sites is 2. The SMILES string of the molecule is CSCCC(NC(=O)CCC(=O)N1CC(=O)Nc2ccccc21)c1nnc2ccccn12. The summed E-state index contributed by atoms with van der Waals surface area (Å²) in [6.45, 7) is -0.0560. The van der Waals surface area contributed by atoms with Crippen LogP contribution in [-0.4, -0.2) is 50.9 Å². The minimum atomic E-state index is -0.316. The number of rotatable bonds is 8. The first-order valence-corrected chi connectivity index (χ1v) is 11.7. The van der Waals surface area contributed by atoms with Crippen molar-refractivity contribution in [3.63, 3.8) is 0 Å². The highest BCUT2D eigenvalue weighted by molar-refractivity contribution is 7.98. The molecule has 9 nitrogen and oxygen atoms in total. The molecule has 4 rings (SSSR count). The lowest BCUT2D eigenvalue weighted by molar-refractivity contribution is -0.126. The smallest absolute Gasteiger partial charge is 0.244 e. The summed E-state index contributed by atoms with van der Waals surface area (Å²) in [7, 11) is 0. The molecular formula is C22H24N6O3S. The number of nitrogens with one attached hydrogen (secondary N) is 2. The molecule has 166 valence electrons. The number of fused-ring (bicyclic) bond motifs is 2. The van der Waals surface area contributed by atoms with Gasteiger partial charge in [-0.3, -0.25) is 18.8 Å². The Morgan fingerprint density at radius 3 is 2.81 bits per heavy atom. The molecule has 0 saturated carbocycles. The number of aromatic nitrogens is 3. The lowest BCUT2D eigenvalue weighted by atomic mass is 10.1. The van der Waals surface area contributed by atoms with Crippen molar-refractivity contribution in [1.29, 1.82) is 0 Å². The van der Waals surface area contributed by atoms with Crippen molar-refractivity contribution in [2.75, 3.05) is 28.8 Å². The molecule has 2 aromatic heterocycles. The predicted molar refractivity (Wildman–Crippen MR) is 124 cm³/mol. The highest BCUT2D eigenvalue weighted by Gasteiger charge is 2.27. The van der Waals surface area contributed by atoms with Gasteiger partial charge in [0.05, 0.1) is 17.4 Å². The van der Waals surface area contributed by atoms with Crippen LogP contribution in [0.5, 0.6) is 0 Å². The Morgan fingerprint density at radius 1 is 1.16 bits per heavy atom. The standard InChI is InChI=1S/C22H24N6O3S/c1-32-13-11-16(22-26-25-18-8-4-5-12-27(18)22)24-19(29)9-10-21(31)28-14-20(30)23-15-6-2-3-7-17(15)28/h2-8,12,16H,9-11,13-14H2,1H3,(H,23,30)(H,24,29). The van der Waals surface area contributed by atoms with Crippen LogP contribution < -0.4 is 15.5 Å². The summed E-state index contributed by atoms with van der Waals surface area (Å²) in [4.78, 5) is 38.9. The molecule has 3 heterocycles. The van der Waals surface area contributed by atoms with E-state index in [0.717, 1.165) is 5.75 Å². The van der Waals surface area contributed by atoms with Crippen LogP contribution in [-0.2, 0) is 14.4 Å². The lowest BCUT2D eigenvalue weighted by Crippen LogP contribution is -2.42. The van der Waals surface area contributed by atoms with Gasteiger partial charge in [-0.15, -0.1) is 10.2 Å². The molecule has 0 bridgehead atoms. The Bertz CT molecular complexity index is 1150. The van der Waals surface area contributed by atoms with Gasteiger partial charge in [-0.1, -0.05) is 18.2 Å². The first-order chi connectivity index (χ1) is 15.6. The number of benzene rings is 1. The van der Waals surface area contributed by atoms with E-state index in [4.69, 9.17) is 0 Å². The van der Waals surface area contributed by atoms with E-state index >= 15 is 0 Å². The Hall–Kier alpha value is -3.40. The molecule has 0 fully saturated rings. The molecule has 1 atom stereocenters. The average molecular weight is 453 g/mol. The van der Waals surface area contributed by atoms with Gasteiger partial charge in [-0.05, 0) is 42.7 Å². The number of carbonyl (C=O) groups excluding carboxylic acids is 3. The van der Waals surface area contributed by atoms with Crippen molar-refractivity contribution >= 4 is 46.5 Å². The zero-order chi connectivity index (χ0) is 22.5. The summed E-state index contributed by atoms with van der Waals surface area (Å²) in [5.41, 5.74) is 1.95. The van der Waals surface area contributed by atoms with Crippen LogP contribution in [0.15, 0.2) is 48.7 Å². The quantitative estimate of drug-likeness (QED) is 0.543. The van der Waals surface area contributed by atoms with Crippen LogP contribution in [0.25, 0.3) is 5.65 Å². The van der Waals surface area contributed by atoms with E-state index in [1.807, 2.05) is 41.1 Å². The molecule has 1 aromatic carbocycles. The highest BCUT2D eigenvalue weighted by Crippen LogP contribution is 2.29. The fourth-order valence-electron chi connectivity index (χ4n) is 3.68. The fourth-order valence-corrected chi connectivity index (χ4v) is 4.15. The molecule has 0 radical (unpaired) electrons. The average Bonchev–Trinajstić information content (AvgIpc) is 3.23. The van der Waals surface area contributed by atoms with E-state index < -0.39 is 0 Å². The molecule has 0 aliphatic carbocycles. The molecule has 1 unspecified atom stereocenters. The first-order valence-electron chi connectivity index (χ1n) is 10.3. The zero-order valence-electron chi connectivity index (χ0n) is 17.7. The Labute approximate surface area is 189 Å². The minimum absolute atomic E-state index is 0.00325. The van der Waals surface area contributed by atoms with Gasteiger partial charge in [-0.2, -0.15) is 11.8 Å². The number of nitrogens with zero attached hydrogens (tertiary/aromatic N) is 4. The maximum atomic E-state index is 12.8. The van der Waals surface area contributed by atoms with Crippen LogP contribution >= 0.6 is 11.8 Å². The van der Waals surface area contributed by atoms with Gasteiger partial charge >= 0.3 is 0 Å². The predicted octanol–water partition coefficient (Wildman–Crippen LogP) is 2.41. The normalized spacial score (nSPS) is 14.0. The lowest BCUT2D eigenvalue weighted by Gasteiger charge is -2.29. The van der Waals surface area contributed by atoms with E-state index in [-0.39, 0.29) is 43.1 Å². The van der Waals surface area contributed by atoms with Gasteiger partial charge in [0.15, 0.2) is 11.5 Å². The van der Waals surface area contributed by atoms with E-state index in [1.54, 1.807) is 30.0 Å². The van der Waals surface area contributed by atoms with Crippen molar-refractivity contribution in [3.05, 3.63) is 54.5 Å². The van der Waals surface area contributed by atoms with Crippen LogP contribution in [0, 0.1) is 0 Å². The van der Waals surface area contributed by atoms with Crippen molar-refractivity contribution in [1.82, 2.24) is 19.9 Å². The Morgan fingerprint density at radius 2 is 1.97 bits per heavy atom. The van der Waals surface area contributed by atoms with Gasteiger partial charge in [0.2, 0.25) is 17.7 Å². The molecule has 0 spiro atoms. The van der Waals surface area contributed by atoms with Crippen molar-refractivity contribution in [2.45, 2.75) is 25.3 Å². The minimum Gasteiger partial charge on any atom is -0.346 e. The molecule has 10 heteroatoms. The number of hydrogen-bond acceptors (Lipinski definition) is 6. The van der Waals surface area contributed by atoms with E-state index in [1.165, 1.54) is 4.90 Å². The molecule has 1 aliphatic rings. The molecule has 32 heavy (non-hydrogen) atoms. The van der Waals surface area contributed by atoms with Gasteiger partial charge < -0.3 is 15.5 Å². The van der Waals surface area contributed by atoms with Crippen molar-refractivity contribution in [2.24, 2.45) is 0 Å². The zero-order valence-corrected chi connectivity index (χ0v) is 18.5. The van der Waals surface area contributed by atoms with Crippen molar-refractivity contribution in [3.8, 4) is 0 Å². The number of anilines is 2. The molecule has 2 N–H and O–H groups in total. The number of hydrogen-bond donors (Lipinski definition) is 2. The van der Waals surface area contributed by atoms with Crippen LogP contribution in [0.3, 0.4) is 0 Å². The summed E-state index contributed by atoms with van der Waals surface area (Å²) in [5, 5.41) is 14.2. The number of carbonyl (C=O) groups is 3. The second-order valence-electron chi connectivity index (χ2n) is 7.43. The summed E-state index contributed by atoms with van der Waals surface area (Å²) < 4.78 is 1.86. The third-order valence-corrected chi connectivity index (χ3v) is 5.88. The van der Waals surface area contributed by atoms with Gasteiger partial charge in [-0.25, -0.2) is 0 Å². The van der Waals surface area contributed by atoms with E-state index in [0.29, 0.717) is 29.3 Å². The van der Waals surface area contributed by atoms with Gasteiger partial charge in [0.25, 0.3) is 0 Å². The molecule has 0 saturated heterocycles. The summed E-state index contributed by atoms with van der Waals surface area (Å²) in [6, 6.07) is 12.4. The maximum absolute atomic E-state index is 12.8. The molecule has 3 amide bonds. The fraction of sp³-hybridized carbons (Fsp3) is 0.318. The number of thioether (sulfide) groups is 1. The van der Waals surface area contributed by atoms with Gasteiger partial charge in [0, 0.05) is 19.0 Å². The second-order valence-corrected chi connectivity index (χ2v) is 8.42. The summed E-state index contributed by atoms with van der Waals surface area (Å²) >= 11 is 1.68. The largest absolute Gasteiger partial charge is 0.346 e. The summed E-state index contributed by atoms with van der Waals surface area (Å²) in [6.07, 6.45) is 4.59. The topological polar surface area (TPSA) is 109 Å². The molecular weight excluding hydrogens is 428 g/mol. The Balaban J connectivity index is 1.42. The second kappa shape index (κ2) is 9.82.